The van der Waals surface area contributed by atoms with Crippen molar-refractivity contribution in [3.8, 4) is 0 Å². The van der Waals surface area contributed by atoms with Gasteiger partial charge in [0.2, 0.25) is 0 Å². The number of non-ortho nitro benzene ring substituents is 1. The van der Waals surface area contributed by atoms with Gasteiger partial charge < -0.3 is 10.1 Å². The Morgan fingerprint density at radius 2 is 1.88 bits per heavy atom. The highest BCUT2D eigenvalue weighted by Gasteiger charge is 2.30. The van der Waals surface area contributed by atoms with Crippen molar-refractivity contribution in [1.82, 2.24) is 5.32 Å². The molecular weight excluding hydrogens is 324 g/mol. The number of nitrogens with zero attached hydrogens (tertiary/aromatic N) is 1. The van der Waals surface area contributed by atoms with Crippen molar-refractivity contribution in [3.63, 3.8) is 0 Å². The van der Waals surface area contributed by atoms with Crippen LogP contribution in [0.25, 0.3) is 0 Å². The van der Waals surface area contributed by atoms with Crippen LogP contribution in [0.15, 0.2) is 24.3 Å². The number of hydrogen-bond acceptors (Lipinski definition) is 5. The van der Waals surface area contributed by atoms with Gasteiger partial charge in [0, 0.05) is 18.2 Å². The van der Waals surface area contributed by atoms with Gasteiger partial charge in [-0.05, 0) is 37.3 Å². The van der Waals surface area contributed by atoms with Gasteiger partial charge in [0.05, 0.1) is 10.5 Å². The van der Waals surface area contributed by atoms with E-state index in [0.29, 0.717) is 11.8 Å². The largest absolute Gasteiger partial charge is 0.449 e. The molecule has 7 heteroatoms. The Kier molecular flexibility index (Phi) is 6.12. The standard InChI is InChI=1S/C18H24N2O5/c1-11-5-4-6-16(12(11)2)19-17(21)13(3)25-18(22)14-7-9-15(10-8-14)20(23)24/h7-13,16H,4-6H2,1-3H3,(H,19,21)/t11-,12-,13-,16-/m1/s1. The first-order chi connectivity index (χ1) is 11.8. The number of nitro groups is 1. The van der Waals surface area contributed by atoms with Gasteiger partial charge in [0.25, 0.3) is 11.6 Å². The molecule has 0 unspecified atom stereocenters. The molecule has 1 aromatic rings. The molecule has 0 bridgehead atoms. The summed E-state index contributed by atoms with van der Waals surface area (Å²) in [6.07, 6.45) is 2.25. The maximum Gasteiger partial charge on any atom is 0.338 e. The number of amides is 1. The first-order valence-corrected chi connectivity index (χ1v) is 8.55. The lowest BCUT2D eigenvalue weighted by atomic mass is 9.78. The minimum Gasteiger partial charge on any atom is -0.449 e. The van der Waals surface area contributed by atoms with Crippen LogP contribution in [0, 0.1) is 22.0 Å². The molecule has 0 heterocycles. The number of carbonyl (C=O) groups excluding carboxylic acids is 2. The zero-order valence-corrected chi connectivity index (χ0v) is 14.7. The second-order valence-electron chi connectivity index (χ2n) is 6.73. The maximum atomic E-state index is 12.3. The Morgan fingerprint density at radius 3 is 2.48 bits per heavy atom. The Hall–Kier alpha value is -2.44. The maximum absolute atomic E-state index is 12.3. The van der Waals surface area contributed by atoms with Crippen LogP contribution in [0.1, 0.15) is 50.4 Å². The van der Waals surface area contributed by atoms with Gasteiger partial charge in [-0.1, -0.05) is 26.7 Å². The zero-order chi connectivity index (χ0) is 18.6. The van der Waals surface area contributed by atoms with Crippen LogP contribution in [0.3, 0.4) is 0 Å². The summed E-state index contributed by atoms with van der Waals surface area (Å²) < 4.78 is 5.18. The number of nitro benzene ring substituents is 1. The summed E-state index contributed by atoms with van der Waals surface area (Å²) in [5.41, 5.74) is 0.0626. The van der Waals surface area contributed by atoms with E-state index in [1.54, 1.807) is 0 Å². The summed E-state index contributed by atoms with van der Waals surface area (Å²) in [4.78, 5) is 34.5. The number of ether oxygens (including phenoxy) is 1. The first kappa shape index (κ1) is 18.9. The number of rotatable bonds is 5. The van der Waals surface area contributed by atoms with Crippen LogP contribution in [-0.2, 0) is 9.53 Å². The number of carbonyl (C=O) groups is 2. The molecule has 1 amide bonds. The van der Waals surface area contributed by atoms with E-state index in [-0.39, 0.29) is 23.2 Å². The van der Waals surface area contributed by atoms with Crippen molar-refractivity contribution >= 4 is 17.6 Å². The number of esters is 1. The number of nitrogens with one attached hydrogen (secondary N) is 1. The highest BCUT2D eigenvalue weighted by Crippen LogP contribution is 2.29. The average molecular weight is 348 g/mol. The fraction of sp³-hybridized carbons (Fsp3) is 0.556. The predicted molar refractivity (Wildman–Crippen MR) is 92.1 cm³/mol. The molecule has 1 N–H and O–H groups in total. The van der Waals surface area contributed by atoms with Crippen LogP contribution in [-0.4, -0.2) is 28.9 Å². The van der Waals surface area contributed by atoms with Crippen LogP contribution in [0.4, 0.5) is 5.69 Å². The van der Waals surface area contributed by atoms with Gasteiger partial charge in [-0.15, -0.1) is 0 Å². The summed E-state index contributed by atoms with van der Waals surface area (Å²) in [5, 5.41) is 13.6. The third kappa shape index (κ3) is 4.78. The molecule has 1 saturated carbocycles. The van der Waals surface area contributed by atoms with E-state index in [0.717, 1.165) is 19.3 Å². The molecule has 1 aliphatic carbocycles. The molecule has 7 nitrogen and oxygen atoms in total. The molecule has 4 atom stereocenters. The summed E-state index contributed by atoms with van der Waals surface area (Å²) in [6.45, 7) is 5.83. The fourth-order valence-corrected chi connectivity index (χ4v) is 3.09. The molecule has 0 radical (unpaired) electrons. The van der Waals surface area contributed by atoms with E-state index in [9.17, 15) is 19.7 Å². The van der Waals surface area contributed by atoms with Crippen molar-refractivity contribution in [3.05, 3.63) is 39.9 Å². The quantitative estimate of drug-likeness (QED) is 0.501. The van der Waals surface area contributed by atoms with E-state index in [4.69, 9.17) is 4.74 Å². The van der Waals surface area contributed by atoms with Gasteiger partial charge in [0.15, 0.2) is 6.10 Å². The summed E-state index contributed by atoms with van der Waals surface area (Å²) in [7, 11) is 0. The zero-order valence-electron chi connectivity index (χ0n) is 14.7. The third-order valence-corrected chi connectivity index (χ3v) is 5.00. The molecule has 0 saturated heterocycles. The molecule has 1 aromatic carbocycles. The average Bonchev–Trinajstić information content (AvgIpc) is 2.58. The molecule has 0 aliphatic heterocycles. The number of hydrogen-bond donors (Lipinski definition) is 1. The van der Waals surface area contributed by atoms with Gasteiger partial charge in [-0.25, -0.2) is 4.79 Å². The topological polar surface area (TPSA) is 98.5 Å². The normalized spacial score (nSPS) is 24.2. The minimum absolute atomic E-state index is 0.0942. The summed E-state index contributed by atoms with van der Waals surface area (Å²) >= 11 is 0. The van der Waals surface area contributed by atoms with E-state index >= 15 is 0 Å². The van der Waals surface area contributed by atoms with E-state index in [1.165, 1.54) is 31.2 Å². The lowest BCUT2D eigenvalue weighted by molar-refractivity contribution is -0.384. The van der Waals surface area contributed by atoms with E-state index < -0.39 is 17.0 Å². The molecule has 2 rings (SSSR count). The molecule has 1 fully saturated rings. The molecule has 0 aromatic heterocycles. The minimum atomic E-state index is -0.924. The van der Waals surface area contributed by atoms with Crippen LogP contribution < -0.4 is 5.32 Å². The lowest BCUT2D eigenvalue weighted by Gasteiger charge is -2.35. The van der Waals surface area contributed by atoms with Crippen molar-refractivity contribution in [2.75, 3.05) is 0 Å². The smallest absolute Gasteiger partial charge is 0.338 e. The Balaban J connectivity index is 1.91. The van der Waals surface area contributed by atoms with Crippen molar-refractivity contribution in [2.45, 2.75) is 52.2 Å². The third-order valence-electron chi connectivity index (χ3n) is 5.00. The highest BCUT2D eigenvalue weighted by molar-refractivity contribution is 5.92. The Bertz CT molecular complexity index is 643. The highest BCUT2D eigenvalue weighted by atomic mass is 16.6. The van der Waals surface area contributed by atoms with Gasteiger partial charge in [0.1, 0.15) is 0 Å². The molecule has 0 spiro atoms. The SMILES string of the molecule is C[C@@H]1[C@H](C)CCC[C@H]1NC(=O)[C@@H](C)OC(=O)c1ccc([N+](=O)[O-])cc1. The lowest BCUT2D eigenvalue weighted by Crippen LogP contribution is -2.47. The van der Waals surface area contributed by atoms with E-state index in [1.807, 2.05) is 0 Å². The molecule has 136 valence electrons. The summed E-state index contributed by atoms with van der Waals surface area (Å²) in [5.74, 6) is -0.0592. The Labute approximate surface area is 146 Å². The molecular formula is C18H24N2O5. The first-order valence-electron chi connectivity index (χ1n) is 8.55. The second-order valence-corrected chi connectivity index (χ2v) is 6.73. The Morgan fingerprint density at radius 1 is 1.24 bits per heavy atom. The van der Waals surface area contributed by atoms with Crippen molar-refractivity contribution in [1.29, 1.82) is 0 Å². The van der Waals surface area contributed by atoms with Crippen molar-refractivity contribution in [2.24, 2.45) is 11.8 Å². The predicted octanol–water partition coefficient (Wildman–Crippen LogP) is 3.08. The molecule has 25 heavy (non-hydrogen) atoms. The van der Waals surface area contributed by atoms with Crippen molar-refractivity contribution < 1.29 is 19.2 Å². The number of benzene rings is 1. The van der Waals surface area contributed by atoms with E-state index in [2.05, 4.69) is 19.2 Å². The van der Waals surface area contributed by atoms with Crippen LogP contribution in [0.5, 0.6) is 0 Å². The van der Waals surface area contributed by atoms with Gasteiger partial charge in [-0.2, -0.15) is 0 Å². The van der Waals surface area contributed by atoms with Gasteiger partial charge in [-0.3, -0.25) is 14.9 Å². The van der Waals surface area contributed by atoms with Gasteiger partial charge >= 0.3 is 5.97 Å². The fourth-order valence-electron chi connectivity index (χ4n) is 3.09. The molecule has 1 aliphatic rings. The van der Waals surface area contributed by atoms with Crippen LogP contribution >= 0.6 is 0 Å². The second kappa shape index (κ2) is 8.09. The monoisotopic (exact) mass is 348 g/mol. The van der Waals surface area contributed by atoms with Crippen LogP contribution in [0.2, 0.25) is 0 Å². The summed E-state index contributed by atoms with van der Waals surface area (Å²) in [6, 6.07) is 5.18.